The average molecular weight is 299 g/mol. The van der Waals surface area contributed by atoms with Crippen LogP contribution >= 0.6 is 0 Å². The van der Waals surface area contributed by atoms with Crippen LogP contribution in [0.4, 0.5) is 24.8 Å². The van der Waals surface area contributed by atoms with Crippen molar-refractivity contribution in [2.45, 2.75) is 19.6 Å². The highest BCUT2D eigenvalue weighted by Crippen LogP contribution is 2.33. The predicted molar refractivity (Wildman–Crippen MR) is 74.2 cm³/mol. The number of hydrogen-bond acceptors (Lipinski definition) is 4. The number of anilines is 2. The summed E-state index contributed by atoms with van der Waals surface area (Å²) in [5, 5.41) is 2.81. The highest BCUT2D eigenvalue weighted by Gasteiger charge is 2.32. The second kappa shape index (κ2) is 6.07. The lowest BCUT2D eigenvalue weighted by molar-refractivity contribution is -0.137. The SMILES string of the molecule is CCNc1cc(C(F)(F)F)cc(N(C)Cc2ccco2)n1. The minimum atomic E-state index is -4.41. The molecule has 0 radical (unpaired) electrons. The lowest BCUT2D eigenvalue weighted by Gasteiger charge is -2.19. The molecule has 0 saturated carbocycles. The van der Waals surface area contributed by atoms with Crippen molar-refractivity contribution in [2.24, 2.45) is 0 Å². The quantitative estimate of drug-likeness (QED) is 0.912. The Morgan fingerprint density at radius 3 is 2.67 bits per heavy atom. The number of nitrogens with zero attached hydrogens (tertiary/aromatic N) is 2. The van der Waals surface area contributed by atoms with Gasteiger partial charge in [-0.25, -0.2) is 4.98 Å². The molecule has 0 fully saturated rings. The van der Waals surface area contributed by atoms with E-state index in [-0.39, 0.29) is 11.6 Å². The van der Waals surface area contributed by atoms with E-state index in [0.717, 1.165) is 12.1 Å². The summed E-state index contributed by atoms with van der Waals surface area (Å²) in [7, 11) is 1.67. The number of aromatic nitrogens is 1. The number of hydrogen-bond donors (Lipinski definition) is 1. The van der Waals surface area contributed by atoms with Gasteiger partial charge in [-0.3, -0.25) is 0 Å². The van der Waals surface area contributed by atoms with E-state index in [1.54, 1.807) is 31.0 Å². The van der Waals surface area contributed by atoms with Crippen molar-refractivity contribution in [3.8, 4) is 0 Å². The fourth-order valence-electron chi connectivity index (χ4n) is 1.86. The van der Waals surface area contributed by atoms with E-state index in [9.17, 15) is 13.2 Å². The molecule has 0 aliphatic heterocycles. The summed E-state index contributed by atoms with van der Waals surface area (Å²) in [4.78, 5) is 5.80. The molecule has 2 aromatic rings. The van der Waals surface area contributed by atoms with E-state index in [1.165, 1.54) is 6.26 Å². The Kier molecular flexibility index (Phi) is 4.40. The molecule has 0 aliphatic carbocycles. The summed E-state index contributed by atoms with van der Waals surface area (Å²) in [6.07, 6.45) is -2.89. The van der Waals surface area contributed by atoms with Gasteiger partial charge in [0, 0.05) is 13.6 Å². The zero-order chi connectivity index (χ0) is 15.5. The van der Waals surface area contributed by atoms with Gasteiger partial charge in [-0.1, -0.05) is 0 Å². The van der Waals surface area contributed by atoms with Crippen molar-refractivity contribution in [2.75, 3.05) is 23.8 Å². The first-order valence-electron chi connectivity index (χ1n) is 6.47. The molecule has 0 bridgehead atoms. The maximum absolute atomic E-state index is 12.9. The number of furan rings is 1. The molecule has 0 atom stereocenters. The van der Waals surface area contributed by atoms with Crippen LogP contribution in [-0.2, 0) is 12.7 Å². The minimum Gasteiger partial charge on any atom is -0.467 e. The van der Waals surface area contributed by atoms with Crippen LogP contribution in [0.5, 0.6) is 0 Å². The third kappa shape index (κ3) is 3.90. The van der Waals surface area contributed by atoms with Crippen LogP contribution < -0.4 is 10.2 Å². The van der Waals surface area contributed by atoms with Crippen molar-refractivity contribution in [3.05, 3.63) is 41.9 Å². The van der Waals surface area contributed by atoms with Gasteiger partial charge < -0.3 is 14.6 Å². The molecule has 0 amide bonds. The molecule has 2 heterocycles. The predicted octanol–water partition coefficient (Wildman–Crippen LogP) is 3.76. The van der Waals surface area contributed by atoms with Crippen molar-refractivity contribution < 1.29 is 17.6 Å². The molecule has 21 heavy (non-hydrogen) atoms. The minimum absolute atomic E-state index is 0.202. The molecule has 0 unspecified atom stereocenters. The van der Waals surface area contributed by atoms with Gasteiger partial charge in [0.1, 0.15) is 17.4 Å². The van der Waals surface area contributed by atoms with Crippen molar-refractivity contribution in [1.29, 1.82) is 0 Å². The summed E-state index contributed by atoms with van der Waals surface area (Å²) in [6.45, 7) is 2.64. The fraction of sp³-hybridized carbons (Fsp3) is 0.357. The molecule has 4 nitrogen and oxygen atoms in total. The van der Waals surface area contributed by atoms with Crippen LogP contribution in [0.25, 0.3) is 0 Å². The lowest BCUT2D eigenvalue weighted by Crippen LogP contribution is -2.19. The van der Waals surface area contributed by atoms with E-state index >= 15 is 0 Å². The molecular formula is C14H16F3N3O. The van der Waals surface area contributed by atoms with E-state index in [0.29, 0.717) is 18.8 Å². The van der Waals surface area contributed by atoms with E-state index in [4.69, 9.17) is 4.42 Å². The van der Waals surface area contributed by atoms with Crippen molar-refractivity contribution >= 4 is 11.6 Å². The van der Waals surface area contributed by atoms with Gasteiger partial charge in [-0.15, -0.1) is 0 Å². The number of rotatable bonds is 5. The van der Waals surface area contributed by atoms with Crippen LogP contribution in [0.3, 0.4) is 0 Å². The Bertz CT molecular complexity index is 582. The summed E-state index contributed by atoms with van der Waals surface area (Å²) in [5.74, 6) is 1.09. The largest absolute Gasteiger partial charge is 0.467 e. The zero-order valence-corrected chi connectivity index (χ0v) is 11.7. The first kappa shape index (κ1) is 15.2. The van der Waals surface area contributed by atoms with Crippen LogP contribution in [0.2, 0.25) is 0 Å². The van der Waals surface area contributed by atoms with E-state index < -0.39 is 11.7 Å². The molecule has 2 aromatic heterocycles. The van der Waals surface area contributed by atoms with Gasteiger partial charge in [0.15, 0.2) is 0 Å². The molecule has 0 aromatic carbocycles. The van der Waals surface area contributed by atoms with Gasteiger partial charge >= 0.3 is 6.18 Å². The zero-order valence-electron chi connectivity index (χ0n) is 11.7. The summed E-state index contributed by atoms with van der Waals surface area (Å²) in [6, 6.07) is 5.53. The fourth-order valence-corrected chi connectivity index (χ4v) is 1.86. The molecule has 0 spiro atoms. The van der Waals surface area contributed by atoms with Crippen molar-refractivity contribution in [1.82, 2.24) is 4.98 Å². The number of pyridine rings is 1. The molecule has 0 aliphatic rings. The second-order valence-electron chi connectivity index (χ2n) is 4.56. The number of alkyl halides is 3. The smallest absolute Gasteiger partial charge is 0.416 e. The second-order valence-corrected chi connectivity index (χ2v) is 4.56. The van der Waals surface area contributed by atoms with Gasteiger partial charge in [0.05, 0.1) is 18.4 Å². The van der Waals surface area contributed by atoms with Gasteiger partial charge in [-0.2, -0.15) is 13.2 Å². The topological polar surface area (TPSA) is 41.3 Å². The Balaban J connectivity index is 2.30. The van der Waals surface area contributed by atoms with Gasteiger partial charge in [-0.05, 0) is 31.2 Å². The molecular weight excluding hydrogens is 283 g/mol. The van der Waals surface area contributed by atoms with Gasteiger partial charge in [0.2, 0.25) is 0 Å². The van der Waals surface area contributed by atoms with E-state index in [2.05, 4.69) is 10.3 Å². The Hall–Kier alpha value is -2.18. The molecule has 2 rings (SSSR count). The first-order valence-corrected chi connectivity index (χ1v) is 6.47. The highest BCUT2D eigenvalue weighted by atomic mass is 19.4. The van der Waals surface area contributed by atoms with Crippen LogP contribution in [0.1, 0.15) is 18.2 Å². The maximum atomic E-state index is 12.9. The molecule has 7 heteroatoms. The highest BCUT2D eigenvalue weighted by molar-refractivity contribution is 5.51. The van der Waals surface area contributed by atoms with Crippen LogP contribution in [0, 0.1) is 0 Å². The van der Waals surface area contributed by atoms with Crippen LogP contribution in [0.15, 0.2) is 34.9 Å². The molecule has 114 valence electrons. The third-order valence-electron chi connectivity index (χ3n) is 2.86. The van der Waals surface area contributed by atoms with Crippen LogP contribution in [-0.4, -0.2) is 18.6 Å². The Labute approximate surface area is 120 Å². The summed E-state index contributed by atoms with van der Waals surface area (Å²) < 4.78 is 44.0. The Morgan fingerprint density at radius 1 is 1.33 bits per heavy atom. The maximum Gasteiger partial charge on any atom is 0.416 e. The van der Waals surface area contributed by atoms with Gasteiger partial charge in [0.25, 0.3) is 0 Å². The average Bonchev–Trinajstić information content (AvgIpc) is 2.90. The molecule has 1 N–H and O–H groups in total. The lowest BCUT2D eigenvalue weighted by atomic mass is 10.2. The standard InChI is InChI=1S/C14H16F3N3O/c1-3-18-12-7-10(14(15,16)17)8-13(19-12)20(2)9-11-5-4-6-21-11/h4-8H,3,9H2,1-2H3,(H,18,19). The monoisotopic (exact) mass is 299 g/mol. The summed E-state index contributed by atoms with van der Waals surface area (Å²) >= 11 is 0. The number of halogens is 3. The third-order valence-corrected chi connectivity index (χ3v) is 2.86. The first-order chi connectivity index (χ1) is 9.90. The number of nitrogens with one attached hydrogen (secondary N) is 1. The Morgan fingerprint density at radius 2 is 2.10 bits per heavy atom. The molecule has 0 saturated heterocycles. The van der Waals surface area contributed by atoms with E-state index in [1.807, 2.05) is 0 Å². The normalized spacial score (nSPS) is 11.5. The van der Waals surface area contributed by atoms with Crippen molar-refractivity contribution in [3.63, 3.8) is 0 Å². The summed E-state index contributed by atoms with van der Waals surface area (Å²) in [5.41, 5.74) is -0.727.